The zero-order valence-electron chi connectivity index (χ0n) is 25.7. The summed E-state index contributed by atoms with van der Waals surface area (Å²) in [6, 6.07) is 52.3. The third-order valence-electron chi connectivity index (χ3n) is 9.33. The van der Waals surface area contributed by atoms with Crippen molar-refractivity contribution in [2.24, 2.45) is 9.98 Å². The molecular formula is C43H27N3O2. The van der Waals surface area contributed by atoms with Crippen LogP contribution >= 0.6 is 0 Å². The van der Waals surface area contributed by atoms with Gasteiger partial charge in [-0.05, 0) is 69.9 Å². The van der Waals surface area contributed by atoms with Gasteiger partial charge in [-0.1, -0.05) is 109 Å². The lowest BCUT2D eigenvalue weighted by molar-refractivity contribution is 0.668. The lowest BCUT2D eigenvalue weighted by Gasteiger charge is -2.24. The van der Waals surface area contributed by atoms with Gasteiger partial charge in [-0.3, -0.25) is 0 Å². The molecule has 0 bridgehead atoms. The van der Waals surface area contributed by atoms with Crippen LogP contribution in [0.3, 0.4) is 0 Å². The monoisotopic (exact) mass is 617 g/mol. The van der Waals surface area contributed by atoms with Crippen LogP contribution in [0.15, 0.2) is 170 Å². The third-order valence-corrected chi connectivity index (χ3v) is 9.33. The van der Waals surface area contributed by atoms with Gasteiger partial charge in [0.15, 0.2) is 5.84 Å². The fraction of sp³-hybridized carbons (Fsp3) is 0.0233. The van der Waals surface area contributed by atoms with Crippen molar-refractivity contribution in [3.05, 3.63) is 168 Å². The lowest BCUT2D eigenvalue weighted by Crippen LogP contribution is -2.33. The summed E-state index contributed by atoms with van der Waals surface area (Å²) in [5.41, 5.74) is 8.60. The molecule has 1 aliphatic heterocycles. The highest BCUT2D eigenvalue weighted by Gasteiger charge is 2.24. The molecule has 2 aromatic heterocycles. The summed E-state index contributed by atoms with van der Waals surface area (Å²) in [5.74, 6) is 1.45. The van der Waals surface area contributed by atoms with E-state index < -0.39 is 0 Å². The Bertz CT molecular complexity index is 2770. The maximum atomic E-state index is 6.52. The molecule has 0 fully saturated rings. The van der Waals surface area contributed by atoms with Gasteiger partial charge < -0.3 is 14.2 Å². The molecule has 0 aliphatic carbocycles. The van der Waals surface area contributed by atoms with Gasteiger partial charge in [0.05, 0.1) is 0 Å². The maximum absolute atomic E-state index is 6.52. The third kappa shape index (κ3) is 4.32. The molecule has 1 N–H and O–H groups in total. The first-order valence-electron chi connectivity index (χ1n) is 16.1. The maximum Gasteiger partial charge on any atom is 0.160 e. The number of aliphatic imine (C=N–C) groups is 2. The van der Waals surface area contributed by atoms with Gasteiger partial charge in [0.2, 0.25) is 0 Å². The minimum Gasteiger partial charge on any atom is -0.456 e. The zero-order valence-corrected chi connectivity index (χ0v) is 25.7. The molecule has 1 atom stereocenters. The lowest BCUT2D eigenvalue weighted by atomic mass is 9.99. The first-order valence-corrected chi connectivity index (χ1v) is 16.1. The van der Waals surface area contributed by atoms with Crippen LogP contribution in [0.2, 0.25) is 0 Å². The minimum absolute atomic E-state index is 0.314. The average Bonchev–Trinajstić information content (AvgIpc) is 3.72. The van der Waals surface area contributed by atoms with Gasteiger partial charge in [-0.2, -0.15) is 0 Å². The molecule has 5 heteroatoms. The Morgan fingerprint density at radius 2 is 1.23 bits per heavy atom. The Morgan fingerprint density at radius 1 is 0.479 bits per heavy atom. The molecule has 226 valence electrons. The van der Waals surface area contributed by atoms with E-state index in [1.807, 2.05) is 48.5 Å². The van der Waals surface area contributed by atoms with Crippen molar-refractivity contribution in [2.45, 2.75) is 6.17 Å². The highest BCUT2D eigenvalue weighted by atomic mass is 16.3. The van der Waals surface area contributed by atoms with Crippen molar-refractivity contribution in [1.29, 1.82) is 0 Å². The number of rotatable bonds is 4. The summed E-state index contributed by atoms with van der Waals surface area (Å²) in [4.78, 5) is 10.3. The Labute approximate surface area is 275 Å². The van der Waals surface area contributed by atoms with Gasteiger partial charge >= 0.3 is 0 Å². The second kappa shape index (κ2) is 10.5. The summed E-state index contributed by atoms with van der Waals surface area (Å²) in [6.07, 6.45) is -0.314. The standard InChI is InChI=1S/C43H27N3O2/c1-2-10-27(11-3-1)41-44-42(31-18-17-26-9-4-5-12-28(26)23-31)46-43(45-41)34-14-8-16-38-40(34)33-21-19-30(25-39(33)48-38)29-20-22-37-35(24-29)32-13-6-7-15-36(32)47-37/h1-25,42H,(H,44,45,46). The van der Waals surface area contributed by atoms with Crippen molar-refractivity contribution < 1.29 is 8.83 Å². The molecular weight excluding hydrogens is 590 g/mol. The highest BCUT2D eigenvalue weighted by Crippen LogP contribution is 2.37. The number of hydrogen-bond acceptors (Lipinski definition) is 5. The molecule has 48 heavy (non-hydrogen) atoms. The van der Waals surface area contributed by atoms with Gasteiger partial charge in [0.1, 0.15) is 34.3 Å². The average molecular weight is 618 g/mol. The number of hydrogen-bond donors (Lipinski definition) is 1. The summed E-state index contributed by atoms with van der Waals surface area (Å²) >= 11 is 0. The van der Waals surface area contributed by atoms with Crippen LogP contribution in [0, 0.1) is 0 Å². The number of nitrogens with zero attached hydrogens (tertiary/aromatic N) is 2. The molecule has 0 radical (unpaired) electrons. The zero-order chi connectivity index (χ0) is 31.6. The minimum atomic E-state index is -0.314. The number of nitrogens with one attached hydrogen (secondary N) is 1. The number of furan rings is 2. The van der Waals surface area contributed by atoms with Gasteiger partial charge in [0, 0.05) is 32.7 Å². The van der Waals surface area contributed by atoms with Crippen LogP contribution in [-0.2, 0) is 0 Å². The fourth-order valence-corrected chi connectivity index (χ4v) is 6.96. The normalized spacial score (nSPS) is 14.9. The Kier molecular flexibility index (Phi) is 5.87. The molecule has 7 aromatic carbocycles. The van der Waals surface area contributed by atoms with Crippen molar-refractivity contribution in [3.8, 4) is 11.1 Å². The van der Waals surface area contributed by atoms with Crippen LogP contribution in [0.25, 0.3) is 65.8 Å². The Morgan fingerprint density at radius 3 is 2.17 bits per heavy atom. The predicted octanol–water partition coefficient (Wildman–Crippen LogP) is 10.8. The fourth-order valence-electron chi connectivity index (χ4n) is 6.96. The van der Waals surface area contributed by atoms with Crippen molar-refractivity contribution in [3.63, 3.8) is 0 Å². The molecule has 0 saturated carbocycles. The van der Waals surface area contributed by atoms with Gasteiger partial charge in [0.25, 0.3) is 0 Å². The topological polar surface area (TPSA) is 63.0 Å². The molecule has 3 heterocycles. The molecule has 1 aliphatic rings. The quantitative estimate of drug-likeness (QED) is 0.214. The predicted molar refractivity (Wildman–Crippen MR) is 196 cm³/mol. The molecule has 0 saturated heterocycles. The van der Waals surface area contributed by atoms with E-state index in [2.05, 4.69) is 108 Å². The van der Waals surface area contributed by atoms with Crippen molar-refractivity contribution >= 4 is 66.3 Å². The van der Waals surface area contributed by atoms with Crippen LogP contribution in [-0.4, -0.2) is 11.7 Å². The number of benzene rings is 7. The smallest absolute Gasteiger partial charge is 0.160 e. The molecule has 0 spiro atoms. The van der Waals surface area contributed by atoms with Crippen LogP contribution in [0.4, 0.5) is 0 Å². The highest BCUT2D eigenvalue weighted by molar-refractivity contribution is 6.22. The van der Waals surface area contributed by atoms with Crippen LogP contribution in [0.5, 0.6) is 0 Å². The molecule has 10 rings (SSSR count). The largest absolute Gasteiger partial charge is 0.456 e. The summed E-state index contributed by atoms with van der Waals surface area (Å²) in [7, 11) is 0. The molecule has 1 unspecified atom stereocenters. The number of amidine groups is 2. The van der Waals surface area contributed by atoms with E-state index in [9.17, 15) is 0 Å². The van der Waals surface area contributed by atoms with E-state index in [-0.39, 0.29) is 6.17 Å². The second-order valence-electron chi connectivity index (χ2n) is 12.2. The van der Waals surface area contributed by atoms with E-state index in [1.54, 1.807) is 0 Å². The van der Waals surface area contributed by atoms with Gasteiger partial charge in [-0.15, -0.1) is 0 Å². The van der Waals surface area contributed by atoms with E-state index in [1.165, 1.54) is 10.8 Å². The Hall–Kier alpha value is -6.46. The first kappa shape index (κ1) is 26.7. The van der Waals surface area contributed by atoms with Gasteiger partial charge in [-0.25, -0.2) is 9.98 Å². The first-order chi connectivity index (χ1) is 23.7. The van der Waals surface area contributed by atoms with E-state index in [0.29, 0.717) is 5.84 Å². The molecule has 5 nitrogen and oxygen atoms in total. The van der Waals surface area contributed by atoms with Crippen molar-refractivity contribution in [2.75, 3.05) is 0 Å². The van der Waals surface area contributed by atoms with Crippen LogP contribution < -0.4 is 5.32 Å². The molecule has 0 amide bonds. The molecule has 9 aromatic rings. The number of para-hydroxylation sites is 1. The number of fused-ring (bicyclic) bond motifs is 7. The van der Waals surface area contributed by atoms with Crippen LogP contribution in [0.1, 0.15) is 22.9 Å². The summed E-state index contributed by atoms with van der Waals surface area (Å²) in [5, 5.41) is 10.2. The van der Waals surface area contributed by atoms with Crippen molar-refractivity contribution in [1.82, 2.24) is 5.32 Å². The second-order valence-corrected chi connectivity index (χ2v) is 12.2. The summed E-state index contributed by atoms with van der Waals surface area (Å²) in [6.45, 7) is 0. The van der Waals surface area contributed by atoms with E-state index in [0.717, 1.165) is 77.5 Å². The van der Waals surface area contributed by atoms with E-state index >= 15 is 0 Å². The SMILES string of the molecule is c1ccc(C2=NC(c3cccc4oc5cc(-c6ccc7oc8ccccc8c7c6)ccc5c34)=NC(c3ccc4ccccc4c3)N2)cc1. The Balaban J connectivity index is 1.11. The van der Waals surface area contributed by atoms with E-state index in [4.69, 9.17) is 18.8 Å². The summed E-state index contributed by atoms with van der Waals surface area (Å²) < 4.78 is 12.6.